The lowest BCUT2D eigenvalue weighted by atomic mass is 10.1. The summed E-state index contributed by atoms with van der Waals surface area (Å²) in [6.07, 6.45) is 8.09. The number of nitrogens with zero attached hydrogens (tertiary/aromatic N) is 3. The summed E-state index contributed by atoms with van der Waals surface area (Å²) in [7, 11) is 1.77. The van der Waals surface area contributed by atoms with Gasteiger partial charge in [0.2, 0.25) is 5.78 Å². The van der Waals surface area contributed by atoms with Gasteiger partial charge in [0.1, 0.15) is 0 Å². The van der Waals surface area contributed by atoms with Crippen molar-refractivity contribution in [3.63, 3.8) is 0 Å². The van der Waals surface area contributed by atoms with Crippen molar-refractivity contribution in [2.75, 3.05) is 5.32 Å². The molecule has 1 amide bonds. The molecule has 0 unspecified atom stereocenters. The Kier molecular flexibility index (Phi) is 4.62. The zero-order valence-electron chi connectivity index (χ0n) is 12.8. The summed E-state index contributed by atoms with van der Waals surface area (Å²) in [5.41, 5.74) is 1.35. The third kappa shape index (κ3) is 3.64. The number of benzene rings is 1. The van der Waals surface area contributed by atoms with E-state index in [2.05, 4.69) is 15.3 Å². The zero-order chi connectivity index (χ0) is 16.9. The van der Waals surface area contributed by atoms with E-state index in [1.807, 2.05) is 0 Å². The molecule has 0 atom stereocenters. The fraction of sp³-hybridized carbons (Fsp3) is 0.0588. The second kappa shape index (κ2) is 7.01. The van der Waals surface area contributed by atoms with Gasteiger partial charge in [-0.05, 0) is 23.8 Å². The normalized spacial score (nSPS) is 10.9. The Morgan fingerprint density at radius 2 is 1.96 bits per heavy atom. The number of carbonyl (C=O) groups is 2. The Labute approximate surface area is 142 Å². The Morgan fingerprint density at radius 1 is 1.17 bits per heavy atom. The summed E-state index contributed by atoms with van der Waals surface area (Å²) in [5.74, 6) is -0.0108. The van der Waals surface area contributed by atoms with E-state index in [0.717, 1.165) is 5.56 Å². The molecule has 3 aromatic rings. The largest absolute Gasteiger partial charge is 0.331 e. The lowest BCUT2D eigenvalue weighted by Gasteiger charge is -2.02. The third-order valence-electron chi connectivity index (χ3n) is 3.29. The quantitative estimate of drug-likeness (QED) is 0.573. The minimum absolute atomic E-state index is 0.173. The van der Waals surface area contributed by atoms with Crippen molar-refractivity contribution in [3.05, 3.63) is 71.3 Å². The van der Waals surface area contributed by atoms with Crippen molar-refractivity contribution in [3.8, 4) is 0 Å². The molecular formula is C17H14N4O2S. The number of hydrogen-bond acceptors (Lipinski definition) is 5. The monoisotopic (exact) mass is 338 g/mol. The van der Waals surface area contributed by atoms with E-state index < -0.39 is 0 Å². The number of rotatable bonds is 5. The first-order valence-electron chi connectivity index (χ1n) is 7.14. The molecule has 24 heavy (non-hydrogen) atoms. The van der Waals surface area contributed by atoms with Gasteiger partial charge in [-0.1, -0.05) is 18.2 Å². The predicted molar refractivity (Wildman–Crippen MR) is 93.1 cm³/mol. The molecule has 2 aromatic heterocycles. The SMILES string of the molecule is Cn1ccnc1C(=O)/C=C/c1ccc(C(=O)Nc2nccs2)cc1. The number of thiazole rings is 1. The van der Waals surface area contributed by atoms with Crippen molar-refractivity contribution in [1.29, 1.82) is 0 Å². The van der Waals surface area contributed by atoms with Crippen LogP contribution >= 0.6 is 11.3 Å². The van der Waals surface area contributed by atoms with Gasteiger partial charge in [0, 0.05) is 36.6 Å². The molecule has 0 aliphatic heterocycles. The Hall–Kier alpha value is -3.06. The second-order valence-corrected chi connectivity index (χ2v) is 5.87. The van der Waals surface area contributed by atoms with E-state index in [1.165, 1.54) is 17.4 Å². The van der Waals surface area contributed by atoms with E-state index in [4.69, 9.17) is 0 Å². The van der Waals surface area contributed by atoms with Crippen LogP contribution in [-0.4, -0.2) is 26.2 Å². The highest BCUT2D eigenvalue weighted by molar-refractivity contribution is 7.13. The molecular weight excluding hydrogens is 324 g/mol. The number of anilines is 1. The van der Waals surface area contributed by atoms with Gasteiger partial charge in [-0.3, -0.25) is 14.9 Å². The van der Waals surface area contributed by atoms with Gasteiger partial charge < -0.3 is 4.57 Å². The molecule has 6 nitrogen and oxygen atoms in total. The molecule has 0 aliphatic carbocycles. The standard InChI is InChI=1S/C17H14N4O2S/c1-21-10-8-18-15(21)14(22)7-4-12-2-5-13(6-3-12)16(23)20-17-19-9-11-24-17/h2-11H,1H3,(H,19,20,23)/b7-4+. The molecule has 120 valence electrons. The molecule has 0 saturated carbocycles. The summed E-state index contributed by atoms with van der Waals surface area (Å²) in [6, 6.07) is 6.96. The predicted octanol–water partition coefficient (Wildman–Crippen LogP) is 3.03. The summed E-state index contributed by atoms with van der Waals surface area (Å²) >= 11 is 1.36. The molecule has 0 radical (unpaired) electrons. The fourth-order valence-electron chi connectivity index (χ4n) is 2.05. The van der Waals surface area contributed by atoms with Crippen molar-refractivity contribution in [1.82, 2.24) is 14.5 Å². The highest BCUT2D eigenvalue weighted by Gasteiger charge is 2.08. The topological polar surface area (TPSA) is 76.9 Å². The van der Waals surface area contributed by atoms with Crippen LogP contribution in [0.4, 0.5) is 5.13 Å². The molecule has 0 saturated heterocycles. The van der Waals surface area contributed by atoms with Crippen LogP contribution in [0.25, 0.3) is 6.08 Å². The van der Waals surface area contributed by atoms with Gasteiger partial charge in [-0.15, -0.1) is 11.3 Å². The maximum Gasteiger partial charge on any atom is 0.257 e. The summed E-state index contributed by atoms with van der Waals surface area (Å²) in [6.45, 7) is 0. The van der Waals surface area contributed by atoms with E-state index >= 15 is 0 Å². The molecule has 0 bridgehead atoms. The first-order chi connectivity index (χ1) is 11.6. The minimum atomic E-state index is -0.218. The molecule has 1 aromatic carbocycles. The minimum Gasteiger partial charge on any atom is -0.331 e. The Bertz CT molecular complexity index is 880. The van der Waals surface area contributed by atoms with Gasteiger partial charge in [-0.2, -0.15) is 0 Å². The molecule has 1 N–H and O–H groups in total. The van der Waals surface area contributed by atoms with Crippen molar-refractivity contribution < 1.29 is 9.59 Å². The number of carbonyl (C=O) groups excluding carboxylic acids is 2. The lowest BCUT2D eigenvalue weighted by molar-refractivity contribution is 0.102. The van der Waals surface area contributed by atoms with Crippen molar-refractivity contribution in [2.24, 2.45) is 7.05 Å². The van der Waals surface area contributed by atoms with Crippen LogP contribution in [-0.2, 0) is 7.05 Å². The van der Waals surface area contributed by atoms with Crippen LogP contribution in [0.5, 0.6) is 0 Å². The molecule has 2 heterocycles. The third-order valence-corrected chi connectivity index (χ3v) is 3.98. The van der Waals surface area contributed by atoms with Crippen molar-refractivity contribution >= 4 is 34.2 Å². The van der Waals surface area contributed by atoms with Crippen LogP contribution in [0.3, 0.4) is 0 Å². The number of aryl methyl sites for hydroxylation is 1. The van der Waals surface area contributed by atoms with E-state index in [1.54, 1.807) is 65.9 Å². The average molecular weight is 338 g/mol. The van der Waals surface area contributed by atoms with Gasteiger partial charge in [0.05, 0.1) is 0 Å². The number of amides is 1. The number of hydrogen-bond donors (Lipinski definition) is 1. The highest BCUT2D eigenvalue weighted by atomic mass is 32.1. The first-order valence-corrected chi connectivity index (χ1v) is 8.02. The van der Waals surface area contributed by atoms with Crippen LogP contribution in [0.15, 0.2) is 54.3 Å². The maximum atomic E-state index is 12.1. The summed E-state index contributed by atoms with van der Waals surface area (Å²) in [5, 5.41) is 5.07. The first kappa shape index (κ1) is 15.8. The highest BCUT2D eigenvalue weighted by Crippen LogP contribution is 2.13. The smallest absolute Gasteiger partial charge is 0.257 e. The van der Waals surface area contributed by atoms with Crippen LogP contribution in [0, 0.1) is 0 Å². The second-order valence-electron chi connectivity index (χ2n) is 4.97. The molecule has 3 rings (SSSR count). The average Bonchev–Trinajstić information content (AvgIpc) is 3.24. The fourth-order valence-corrected chi connectivity index (χ4v) is 2.57. The summed E-state index contributed by atoms with van der Waals surface area (Å²) in [4.78, 5) is 32.1. The van der Waals surface area contributed by atoms with E-state index in [9.17, 15) is 9.59 Å². The number of allylic oxidation sites excluding steroid dienone is 1. The molecule has 0 spiro atoms. The van der Waals surface area contributed by atoms with Gasteiger partial charge in [0.25, 0.3) is 5.91 Å². The molecule has 0 fully saturated rings. The number of imidazole rings is 1. The van der Waals surface area contributed by atoms with Crippen LogP contribution in [0.1, 0.15) is 26.5 Å². The number of ketones is 1. The van der Waals surface area contributed by atoms with Crippen LogP contribution < -0.4 is 5.32 Å². The van der Waals surface area contributed by atoms with E-state index in [-0.39, 0.29) is 11.7 Å². The Balaban J connectivity index is 1.66. The molecule has 0 aliphatic rings. The lowest BCUT2D eigenvalue weighted by Crippen LogP contribution is -2.11. The number of aromatic nitrogens is 3. The zero-order valence-corrected chi connectivity index (χ0v) is 13.7. The molecule has 7 heteroatoms. The Morgan fingerprint density at radius 3 is 2.58 bits per heavy atom. The maximum absolute atomic E-state index is 12.1. The van der Waals surface area contributed by atoms with Gasteiger partial charge in [-0.25, -0.2) is 9.97 Å². The van der Waals surface area contributed by atoms with Gasteiger partial charge >= 0.3 is 0 Å². The summed E-state index contributed by atoms with van der Waals surface area (Å²) < 4.78 is 1.67. The van der Waals surface area contributed by atoms with Crippen LogP contribution in [0.2, 0.25) is 0 Å². The van der Waals surface area contributed by atoms with Gasteiger partial charge in [0.15, 0.2) is 11.0 Å². The number of nitrogens with one attached hydrogen (secondary N) is 1. The van der Waals surface area contributed by atoms with E-state index in [0.29, 0.717) is 16.5 Å². The van der Waals surface area contributed by atoms with Crippen molar-refractivity contribution in [2.45, 2.75) is 0 Å².